The van der Waals surface area contributed by atoms with Crippen molar-refractivity contribution in [3.63, 3.8) is 0 Å². The van der Waals surface area contributed by atoms with Gasteiger partial charge in [-0.15, -0.1) is 0 Å². The zero-order chi connectivity index (χ0) is 29.7. The molecule has 0 saturated heterocycles. The number of rotatable bonds is 5. The van der Waals surface area contributed by atoms with Crippen molar-refractivity contribution in [1.29, 1.82) is 0 Å². The van der Waals surface area contributed by atoms with Gasteiger partial charge in [-0.05, 0) is 90.3 Å². The number of hydrogen-bond donors (Lipinski definition) is 0. The number of anilines is 3. The highest BCUT2D eigenvalue weighted by Gasteiger charge is 2.17. The van der Waals surface area contributed by atoms with Gasteiger partial charge in [0.1, 0.15) is 0 Å². The van der Waals surface area contributed by atoms with Gasteiger partial charge in [-0.1, -0.05) is 84.9 Å². The lowest BCUT2D eigenvalue weighted by Crippen LogP contribution is -2.09. The Morgan fingerprint density at radius 1 is 0.378 bits per heavy atom. The molecule has 0 aliphatic rings. The zero-order valence-electron chi connectivity index (χ0n) is 24.6. The van der Waals surface area contributed by atoms with Gasteiger partial charge in [-0.25, -0.2) is 0 Å². The monoisotopic (exact) mass is 575 g/mol. The van der Waals surface area contributed by atoms with Crippen molar-refractivity contribution in [2.75, 3.05) is 4.90 Å². The maximum absolute atomic E-state index is 2.42. The molecule has 0 bridgehead atoms. The third-order valence-electron chi connectivity index (χ3n) is 8.89. The van der Waals surface area contributed by atoms with Crippen LogP contribution < -0.4 is 4.90 Å². The average molecular weight is 576 g/mol. The molecule has 0 spiro atoms. The molecular weight excluding hydrogens is 546 g/mol. The van der Waals surface area contributed by atoms with E-state index in [4.69, 9.17) is 0 Å². The standard InChI is InChI=1S/C42H29N3/c1-4-12-33(13-5-1)44(34-14-6-2-7-15-34)36-23-21-32(22-24-36)43-27-26-31-28-30-20-25-38-37-18-10-11-19-40(37)45(35-16-8-3-9-17-35)42(38)39(30)29-41(31)43/h1-29H. The SMILES string of the molecule is c1ccc(N(c2ccccc2)c2ccc(-n3ccc4cc5ccc6c7ccccc7n(-c7ccccc7)c6c5cc43)cc2)cc1. The Morgan fingerprint density at radius 3 is 1.71 bits per heavy atom. The van der Waals surface area contributed by atoms with Crippen molar-refractivity contribution < 1.29 is 0 Å². The van der Waals surface area contributed by atoms with Gasteiger partial charge in [-0.2, -0.15) is 0 Å². The largest absolute Gasteiger partial charge is 0.317 e. The van der Waals surface area contributed by atoms with Gasteiger partial charge >= 0.3 is 0 Å². The molecule has 0 N–H and O–H groups in total. The third-order valence-corrected chi connectivity index (χ3v) is 8.89. The Morgan fingerprint density at radius 2 is 1.00 bits per heavy atom. The zero-order valence-corrected chi connectivity index (χ0v) is 24.6. The minimum atomic E-state index is 1.12. The van der Waals surface area contributed by atoms with Crippen LogP contribution in [0.4, 0.5) is 17.1 Å². The Kier molecular flexibility index (Phi) is 5.82. The van der Waals surface area contributed by atoms with Gasteiger partial charge in [0.25, 0.3) is 0 Å². The fourth-order valence-corrected chi connectivity index (χ4v) is 6.85. The first-order valence-electron chi connectivity index (χ1n) is 15.4. The molecule has 9 rings (SSSR count). The molecule has 45 heavy (non-hydrogen) atoms. The molecule has 2 heterocycles. The second kappa shape index (κ2) is 10.3. The topological polar surface area (TPSA) is 13.1 Å². The average Bonchev–Trinajstić information content (AvgIpc) is 3.68. The molecule has 0 fully saturated rings. The maximum atomic E-state index is 2.42. The van der Waals surface area contributed by atoms with Crippen LogP contribution >= 0.6 is 0 Å². The normalized spacial score (nSPS) is 11.6. The summed E-state index contributed by atoms with van der Waals surface area (Å²) in [5.41, 5.74) is 9.33. The lowest BCUT2D eigenvalue weighted by Gasteiger charge is -2.25. The van der Waals surface area contributed by atoms with Crippen molar-refractivity contribution in [2.45, 2.75) is 0 Å². The molecule has 0 aliphatic heterocycles. The molecule has 0 unspecified atom stereocenters. The van der Waals surface area contributed by atoms with Gasteiger partial charge in [0.05, 0.1) is 16.6 Å². The number of nitrogens with zero attached hydrogens (tertiary/aromatic N) is 3. The lowest BCUT2D eigenvalue weighted by atomic mass is 10.0. The third kappa shape index (κ3) is 4.13. The van der Waals surface area contributed by atoms with E-state index < -0.39 is 0 Å². The summed E-state index contributed by atoms with van der Waals surface area (Å²) in [6, 6.07) is 60.9. The quantitative estimate of drug-likeness (QED) is 0.199. The van der Waals surface area contributed by atoms with E-state index in [1.165, 1.54) is 49.2 Å². The van der Waals surface area contributed by atoms with E-state index in [2.05, 4.69) is 190 Å². The van der Waals surface area contributed by atoms with E-state index in [0.717, 1.165) is 22.7 Å². The molecule has 0 saturated carbocycles. The van der Waals surface area contributed by atoms with E-state index >= 15 is 0 Å². The number of aromatic nitrogens is 2. The van der Waals surface area contributed by atoms with Crippen LogP contribution in [0.2, 0.25) is 0 Å². The molecule has 0 atom stereocenters. The highest BCUT2D eigenvalue weighted by molar-refractivity contribution is 6.20. The molecule has 2 aromatic heterocycles. The molecule has 3 heteroatoms. The summed E-state index contributed by atoms with van der Waals surface area (Å²) in [4.78, 5) is 2.30. The summed E-state index contributed by atoms with van der Waals surface area (Å²) >= 11 is 0. The van der Waals surface area contributed by atoms with Crippen LogP contribution in [0.25, 0.3) is 54.9 Å². The number of para-hydroxylation sites is 4. The van der Waals surface area contributed by atoms with Crippen LogP contribution in [-0.4, -0.2) is 9.13 Å². The van der Waals surface area contributed by atoms with Crippen molar-refractivity contribution in [1.82, 2.24) is 9.13 Å². The van der Waals surface area contributed by atoms with Crippen molar-refractivity contribution in [3.05, 3.63) is 176 Å². The molecule has 0 aliphatic carbocycles. The molecule has 0 radical (unpaired) electrons. The van der Waals surface area contributed by atoms with E-state index in [9.17, 15) is 0 Å². The number of hydrogen-bond acceptors (Lipinski definition) is 1. The molecule has 7 aromatic carbocycles. The second-order valence-electron chi connectivity index (χ2n) is 11.5. The smallest absolute Gasteiger partial charge is 0.0620 e. The molecule has 3 nitrogen and oxygen atoms in total. The van der Waals surface area contributed by atoms with E-state index in [0.29, 0.717) is 0 Å². The van der Waals surface area contributed by atoms with Gasteiger partial charge < -0.3 is 14.0 Å². The first-order valence-corrected chi connectivity index (χ1v) is 15.4. The van der Waals surface area contributed by atoms with Crippen LogP contribution in [0.5, 0.6) is 0 Å². The summed E-state index contributed by atoms with van der Waals surface area (Å²) in [6.07, 6.45) is 2.19. The van der Waals surface area contributed by atoms with Crippen LogP contribution in [0, 0.1) is 0 Å². The first kappa shape index (κ1) is 25.4. The summed E-state index contributed by atoms with van der Waals surface area (Å²) in [5.74, 6) is 0. The summed E-state index contributed by atoms with van der Waals surface area (Å²) in [7, 11) is 0. The van der Waals surface area contributed by atoms with Gasteiger partial charge in [0, 0.05) is 56.2 Å². The van der Waals surface area contributed by atoms with E-state index in [1.807, 2.05) is 0 Å². The maximum Gasteiger partial charge on any atom is 0.0620 e. The van der Waals surface area contributed by atoms with Crippen LogP contribution in [0.15, 0.2) is 176 Å². The number of fused-ring (bicyclic) bond motifs is 6. The number of benzene rings is 7. The van der Waals surface area contributed by atoms with Crippen LogP contribution in [0.1, 0.15) is 0 Å². The van der Waals surface area contributed by atoms with Crippen LogP contribution in [0.3, 0.4) is 0 Å². The first-order chi connectivity index (χ1) is 22.3. The Balaban J connectivity index is 1.22. The van der Waals surface area contributed by atoms with Gasteiger partial charge in [0.2, 0.25) is 0 Å². The predicted octanol–water partition coefficient (Wildman–Crippen LogP) is 11.4. The second-order valence-corrected chi connectivity index (χ2v) is 11.5. The summed E-state index contributed by atoms with van der Waals surface area (Å²) in [6.45, 7) is 0. The highest BCUT2D eigenvalue weighted by Crippen LogP contribution is 2.39. The summed E-state index contributed by atoms with van der Waals surface area (Å²) in [5, 5.41) is 6.25. The van der Waals surface area contributed by atoms with Crippen molar-refractivity contribution in [3.8, 4) is 11.4 Å². The molecule has 9 aromatic rings. The minimum absolute atomic E-state index is 1.12. The van der Waals surface area contributed by atoms with Gasteiger partial charge in [-0.3, -0.25) is 0 Å². The predicted molar refractivity (Wildman–Crippen MR) is 190 cm³/mol. The van der Waals surface area contributed by atoms with Crippen molar-refractivity contribution >= 4 is 60.5 Å². The molecule has 0 amide bonds. The fourth-order valence-electron chi connectivity index (χ4n) is 6.85. The lowest BCUT2D eigenvalue weighted by molar-refractivity contribution is 1.13. The Bertz CT molecular complexity index is 2420. The van der Waals surface area contributed by atoms with Crippen LogP contribution in [-0.2, 0) is 0 Å². The highest BCUT2D eigenvalue weighted by atomic mass is 15.1. The summed E-state index contributed by atoms with van der Waals surface area (Å²) < 4.78 is 4.73. The van der Waals surface area contributed by atoms with E-state index in [-0.39, 0.29) is 0 Å². The fraction of sp³-hybridized carbons (Fsp3) is 0. The molecular formula is C42H29N3. The minimum Gasteiger partial charge on any atom is -0.317 e. The van der Waals surface area contributed by atoms with Crippen molar-refractivity contribution in [2.24, 2.45) is 0 Å². The molecule has 212 valence electrons. The van der Waals surface area contributed by atoms with Gasteiger partial charge in [0.15, 0.2) is 0 Å². The van der Waals surface area contributed by atoms with E-state index in [1.54, 1.807) is 0 Å². The Labute approximate surface area is 261 Å². The Hall–Kier alpha value is -6.06.